The number of hydrogen-bond donors (Lipinski definition) is 3. The lowest BCUT2D eigenvalue weighted by molar-refractivity contribution is 0.0544. The van der Waals surface area contributed by atoms with Crippen LogP contribution in [0.25, 0.3) is 11.3 Å². The third kappa shape index (κ3) is 5.46. The summed E-state index contributed by atoms with van der Waals surface area (Å²) in [6.07, 6.45) is 3.24. The van der Waals surface area contributed by atoms with Crippen molar-refractivity contribution >= 4 is 28.9 Å². The average molecular weight is 495 g/mol. The van der Waals surface area contributed by atoms with Crippen molar-refractivity contribution in [1.82, 2.24) is 15.0 Å². The first-order valence-corrected chi connectivity index (χ1v) is 11.6. The second-order valence-electron chi connectivity index (χ2n) is 8.80. The topological polar surface area (TPSA) is 125 Å². The van der Waals surface area contributed by atoms with E-state index in [0.29, 0.717) is 53.6 Å². The number of hydrogen-bond acceptors (Lipinski definition) is 9. The van der Waals surface area contributed by atoms with Crippen LogP contribution in [0.2, 0.25) is 5.02 Å². The third-order valence-electron chi connectivity index (χ3n) is 5.70. The molecule has 3 aromatic rings. The standard InChI is InChI=1S/C25H27ClN6O3/c1-15(2)34-6-7-35-23-21(10-18(26)12-29-23)32-24-28-5-4-20(31-24)16-8-17(11-27)22-19(9-16)25(3,14-33)13-30-22/h4-5,8-10,12,15,30,33H,6-7,13-14H2,1-3H3,(H,28,31,32)/t25-/m1/s1. The number of benzene rings is 1. The molecule has 0 amide bonds. The Kier molecular flexibility index (Phi) is 7.36. The Hall–Kier alpha value is -3.45. The van der Waals surface area contributed by atoms with Gasteiger partial charge in [0.25, 0.3) is 0 Å². The van der Waals surface area contributed by atoms with Crippen LogP contribution < -0.4 is 15.4 Å². The van der Waals surface area contributed by atoms with Crippen molar-refractivity contribution in [2.45, 2.75) is 32.3 Å². The molecule has 1 aliphatic heterocycles. The van der Waals surface area contributed by atoms with Crippen LogP contribution >= 0.6 is 11.6 Å². The molecule has 2 aromatic heterocycles. The van der Waals surface area contributed by atoms with Gasteiger partial charge in [-0.3, -0.25) is 0 Å². The molecule has 1 aromatic carbocycles. The summed E-state index contributed by atoms with van der Waals surface area (Å²) >= 11 is 6.16. The highest BCUT2D eigenvalue weighted by Crippen LogP contribution is 2.41. The summed E-state index contributed by atoms with van der Waals surface area (Å²) in [5, 5.41) is 26.5. The smallest absolute Gasteiger partial charge is 0.237 e. The number of rotatable bonds is 9. The number of nitrogens with zero attached hydrogens (tertiary/aromatic N) is 4. The number of anilines is 3. The zero-order valence-electron chi connectivity index (χ0n) is 19.8. The Balaban J connectivity index is 1.62. The van der Waals surface area contributed by atoms with Crippen molar-refractivity contribution in [3.8, 4) is 23.2 Å². The van der Waals surface area contributed by atoms with Crippen LogP contribution in [0.15, 0.2) is 36.7 Å². The lowest BCUT2D eigenvalue weighted by Gasteiger charge is -2.21. The van der Waals surface area contributed by atoms with E-state index in [-0.39, 0.29) is 12.7 Å². The highest BCUT2D eigenvalue weighted by Gasteiger charge is 2.36. The zero-order chi connectivity index (χ0) is 25.0. The first-order valence-electron chi connectivity index (χ1n) is 11.3. The van der Waals surface area contributed by atoms with Crippen LogP contribution in [0.4, 0.5) is 17.3 Å². The first kappa shape index (κ1) is 24.7. The highest BCUT2D eigenvalue weighted by atomic mass is 35.5. The van der Waals surface area contributed by atoms with E-state index in [1.807, 2.05) is 26.8 Å². The molecule has 1 atom stereocenters. The number of nitrogens with one attached hydrogen (secondary N) is 2. The maximum Gasteiger partial charge on any atom is 0.237 e. The van der Waals surface area contributed by atoms with E-state index in [9.17, 15) is 10.4 Å². The molecule has 35 heavy (non-hydrogen) atoms. The van der Waals surface area contributed by atoms with Gasteiger partial charge in [-0.15, -0.1) is 0 Å². The zero-order valence-corrected chi connectivity index (χ0v) is 20.6. The van der Waals surface area contributed by atoms with Gasteiger partial charge in [-0.25, -0.2) is 15.0 Å². The predicted molar refractivity (Wildman–Crippen MR) is 134 cm³/mol. The molecule has 9 nitrogen and oxygen atoms in total. The molecule has 0 unspecified atom stereocenters. The fraction of sp³-hybridized carbons (Fsp3) is 0.360. The van der Waals surface area contributed by atoms with E-state index < -0.39 is 5.41 Å². The molecular formula is C25H27ClN6O3. The molecule has 182 valence electrons. The minimum Gasteiger partial charge on any atom is -0.474 e. The largest absolute Gasteiger partial charge is 0.474 e. The maximum absolute atomic E-state index is 9.96. The summed E-state index contributed by atoms with van der Waals surface area (Å²) in [5.41, 5.74) is 3.55. The predicted octanol–water partition coefficient (Wildman–Crippen LogP) is 4.29. The van der Waals surface area contributed by atoms with Crippen LogP contribution in [-0.4, -0.2) is 52.5 Å². The van der Waals surface area contributed by atoms with Gasteiger partial charge in [0.15, 0.2) is 0 Å². The average Bonchev–Trinajstić information content (AvgIpc) is 3.19. The Morgan fingerprint density at radius 3 is 2.86 bits per heavy atom. The molecule has 0 saturated heterocycles. The summed E-state index contributed by atoms with van der Waals surface area (Å²) in [6.45, 7) is 7.15. The number of pyridine rings is 1. The molecule has 0 radical (unpaired) electrons. The van der Waals surface area contributed by atoms with E-state index >= 15 is 0 Å². The number of aliphatic hydroxyl groups excluding tert-OH is 1. The van der Waals surface area contributed by atoms with Crippen molar-refractivity contribution in [3.05, 3.63) is 52.8 Å². The number of aliphatic hydroxyl groups is 1. The normalized spacial score (nSPS) is 16.5. The molecule has 10 heteroatoms. The quantitative estimate of drug-likeness (QED) is 0.373. The van der Waals surface area contributed by atoms with Crippen molar-refractivity contribution in [2.24, 2.45) is 0 Å². The summed E-state index contributed by atoms with van der Waals surface area (Å²) in [4.78, 5) is 13.2. The van der Waals surface area contributed by atoms with Gasteiger partial charge < -0.3 is 25.2 Å². The van der Waals surface area contributed by atoms with Gasteiger partial charge in [0, 0.05) is 29.9 Å². The minimum absolute atomic E-state index is 0.0371. The number of fused-ring (bicyclic) bond motifs is 1. The SMILES string of the molecule is CC(C)OCCOc1ncc(Cl)cc1Nc1nccc(-c2cc(C#N)c3c(c2)[C@@](C)(CO)CN3)n1. The summed E-state index contributed by atoms with van der Waals surface area (Å²) in [5.74, 6) is 0.668. The van der Waals surface area contributed by atoms with Gasteiger partial charge in [-0.05, 0) is 43.7 Å². The van der Waals surface area contributed by atoms with E-state index in [4.69, 9.17) is 21.1 Å². The monoisotopic (exact) mass is 494 g/mol. The molecule has 0 bridgehead atoms. The van der Waals surface area contributed by atoms with Gasteiger partial charge in [-0.2, -0.15) is 5.26 Å². The lowest BCUT2D eigenvalue weighted by Crippen LogP contribution is -2.28. The van der Waals surface area contributed by atoms with Gasteiger partial charge in [0.1, 0.15) is 18.4 Å². The van der Waals surface area contributed by atoms with Crippen molar-refractivity contribution < 1.29 is 14.6 Å². The second kappa shape index (κ2) is 10.4. The van der Waals surface area contributed by atoms with Crippen LogP contribution in [-0.2, 0) is 10.2 Å². The molecule has 0 saturated carbocycles. The molecule has 0 spiro atoms. The summed E-state index contributed by atoms with van der Waals surface area (Å²) in [7, 11) is 0. The van der Waals surface area contributed by atoms with E-state index in [1.165, 1.54) is 6.20 Å². The summed E-state index contributed by atoms with van der Waals surface area (Å²) in [6, 6.07) is 9.44. The Bertz CT molecular complexity index is 1260. The summed E-state index contributed by atoms with van der Waals surface area (Å²) < 4.78 is 11.3. The van der Waals surface area contributed by atoms with Crippen molar-refractivity contribution in [1.29, 1.82) is 5.26 Å². The fourth-order valence-corrected chi connectivity index (χ4v) is 3.98. The molecular weight excluding hydrogens is 468 g/mol. The third-order valence-corrected chi connectivity index (χ3v) is 5.91. The second-order valence-corrected chi connectivity index (χ2v) is 9.23. The van der Waals surface area contributed by atoms with Crippen LogP contribution in [0.1, 0.15) is 31.9 Å². The first-order chi connectivity index (χ1) is 16.8. The Morgan fingerprint density at radius 2 is 2.11 bits per heavy atom. The molecule has 1 aliphatic rings. The van der Waals surface area contributed by atoms with Crippen LogP contribution in [0.3, 0.4) is 0 Å². The Morgan fingerprint density at radius 1 is 1.29 bits per heavy atom. The van der Waals surface area contributed by atoms with Crippen molar-refractivity contribution in [2.75, 3.05) is 37.0 Å². The maximum atomic E-state index is 9.96. The van der Waals surface area contributed by atoms with E-state index in [1.54, 1.807) is 24.4 Å². The van der Waals surface area contributed by atoms with E-state index in [2.05, 4.69) is 31.7 Å². The Labute approximate surface area is 209 Å². The molecule has 3 heterocycles. The van der Waals surface area contributed by atoms with Gasteiger partial charge >= 0.3 is 0 Å². The molecule has 0 fully saturated rings. The number of nitriles is 1. The number of aromatic nitrogens is 3. The molecule has 3 N–H and O–H groups in total. The van der Waals surface area contributed by atoms with Crippen molar-refractivity contribution in [3.63, 3.8) is 0 Å². The van der Waals surface area contributed by atoms with Gasteiger partial charge in [0.05, 0.1) is 41.3 Å². The number of halogens is 1. The van der Waals surface area contributed by atoms with E-state index in [0.717, 1.165) is 16.8 Å². The number of ether oxygens (including phenoxy) is 2. The molecule has 4 rings (SSSR count). The molecule has 0 aliphatic carbocycles. The fourth-order valence-electron chi connectivity index (χ4n) is 3.82. The minimum atomic E-state index is -0.483. The van der Waals surface area contributed by atoms with Crippen LogP contribution in [0.5, 0.6) is 5.88 Å². The highest BCUT2D eigenvalue weighted by molar-refractivity contribution is 6.30. The lowest BCUT2D eigenvalue weighted by atomic mass is 9.83. The van der Waals surface area contributed by atoms with Gasteiger partial charge in [-0.1, -0.05) is 18.5 Å². The van der Waals surface area contributed by atoms with Crippen LogP contribution in [0, 0.1) is 11.3 Å². The van der Waals surface area contributed by atoms with Gasteiger partial charge in [0.2, 0.25) is 11.8 Å².